The molecule has 2 amide bonds. The standard InChI is InChI=1S/C23H30ClF3N4O5/c24-14-2-1-13(7-15(14)25)35-11-18(33)30-22-3-5-23(6-4-22,17(32)8-22)31-19(34)12-36-20-10-28-16(9-29-20)21(26)27/h1-2,7,16-17,20-21,28-29,32H,3-6,8-12H2,(H,30,33)(H,31,34). The van der Waals surface area contributed by atoms with Gasteiger partial charge >= 0.3 is 0 Å². The van der Waals surface area contributed by atoms with Crippen LogP contribution in [0.15, 0.2) is 18.2 Å². The molecule has 2 bridgehead atoms. The van der Waals surface area contributed by atoms with E-state index in [1.807, 2.05) is 0 Å². The minimum absolute atomic E-state index is 0.0298. The molecule has 3 atom stereocenters. The maximum Gasteiger partial charge on any atom is 0.258 e. The topological polar surface area (TPSA) is 121 Å². The number of rotatable bonds is 9. The van der Waals surface area contributed by atoms with Crippen LogP contribution in [0.25, 0.3) is 0 Å². The molecule has 3 aliphatic carbocycles. The Morgan fingerprint density at radius 2 is 1.83 bits per heavy atom. The van der Waals surface area contributed by atoms with Crippen LogP contribution in [0.4, 0.5) is 13.2 Å². The van der Waals surface area contributed by atoms with Crippen molar-refractivity contribution < 1.29 is 37.3 Å². The molecule has 36 heavy (non-hydrogen) atoms. The minimum Gasteiger partial charge on any atom is -0.484 e. The second-order valence-electron chi connectivity index (χ2n) is 9.67. The van der Waals surface area contributed by atoms with E-state index in [1.165, 1.54) is 12.1 Å². The molecule has 5 rings (SSSR count). The molecule has 1 heterocycles. The molecule has 4 aliphatic rings. The minimum atomic E-state index is -2.49. The average molecular weight is 535 g/mol. The van der Waals surface area contributed by atoms with Crippen molar-refractivity contribution >= 4 is 23.4 Å². The number of piperazine rings is 1. The summed E-state index contributed by atoms with van der Waals surface area (Å²) in [7, 11) is 0. The largest absolute Gasteiger partial charge is 0.484 e. The number of hydrogen-bond acceptors (Lipinski definition) is 7. The van der Waals surface area contributed by atoms with Crippen molar-refractivity contribution in [2.24, 2.45) is 0 Å². The quantitative estimate of drug-likeness (QED) is 0.321. The maximum atomic E-state index is 13.5. The van der Waals surface area contributed by atoms with Gasteiger partial charge in [-0.15, -0.1) is 0 Å². The van der Waals surface area contributed by atoms with Crippen LogP contribution in [0.2, 0.25) is 5.02 Å². The van der Waals surface area contributed by atoms with E-state index in [0.29, 0.717) is 25.7 Å². The zero-order valence-electron chi connectivity index (χ0n) is 19.5. The van der Waals surface area contributed by atoms with Gasteiger partial charge in [0.1, 0.15) is 24.4 Å². The summed E-state index contributed by atoms with van der Waals surface area (Å²) < 4.78 is 49.8. The van der Waals surface area contributed by atoms with Crippen molar-refractivity contribution in [1.29, 1.82) is 0 Å². The summed E-state index contributed by atoms with van der Waals surface area (Å²) >= 11 is 5.64. The first-order valence-corrected chi connectivity index (χ1v) is 12.2. The summed E-state index contributed by atoms with van der Waals surface area (Å²) in [5.74, 6) is -1.28. The fourth-order valence-electron chi connectivity index (χ4n) is 5.16. The van der Waals surface area contributed by atoms with Crippen LogP contribution >= 0.6 is 11.6 Å². The number of nitrogens with one attached hydrogen (secondary N) is 4. The second kappa shape index (κ2) is 11.1. The third kappa shape index (κ3) is 6.23. The number of fused-ring (bicyclic) bond motifs is 3. The number of halogens is 4. The maximum absolute atomic E-state index is 13.5. The highest BCUT2D eigenvalue weighted by Crippen LogP contribution is 2.47. The van der Waals surface area contributed by atoms with Crippen LogP contribution in [0.1, 0.15) is 32.1 Å². The number of alkyl halides is 2. The highest BCUT2D eigenvalue weighted by molar-refractivity contribution is 6.30. The molecule has 200 valence electrons. The molecular formula is C23H30ClF3N4O5. The highest BCUT2D eigenvalue weighted by Gasteiger charge is 2.55. The van der Waals surface area contributed by atoms with Gasteiger partial charge in [-0.05, 0) is 44.2 Å². The van der Waals surface area contributed by atoms with Crippen LogP contribution in [0, 0.1) is 5.82 Å². The van der Waals surface area contributed by atoms with Crippen molar-refractivity contribution in [2.45, 2.75) is 68.0 Å². The van der Waals surface area contributed by atoms with Gasteiger partial charge in [-0.3, -0.25) is 14.9 Å². The van der Waals surface area contributed by atoms with Crippen LogP contribution < -0.4 is 26.0 Å². The van der Waals surface area contributed by atoms with Gasteiger partial charge in [-0.1, -0.05) is 11.6 Å². The number of aliphatic hydroxyl groups excluding tert-OH is 1. The summed E-state index contributed by atoms with van der Waals surface area (Å²) in [6.45, 7) is -0.422. The number of aliphatic hydroxyl groups is 1. The third-order valence-electron chi connectivity index (χ3n) is 7.23. The van der Waals surface area contributed by atoms with E-state index in [9.17, 15) is 27.9 Å². The van der Waals surface area contributed by atoms with Crippen LogP contribution in [-0.2, 0) is 14.3 Å². The Bertz CT molecular complexity index is 956. The van der Waals surface area contributed by atoms with Gasteiger partial charge in [0.15, 0.2) is 6.61 Å². The first kappa shape index (κ1) is 26.9. The van der Waals surface area contributed by atoms with E-state index in [2.05, 4.69) is 21.3 Å². The predicted molar refractivity (Wildman–Crippen MR) is 123 cm³/mol. The first-order valence-electron chi connectivity index (χ1n) is 11.8. The molecule has 3 saturated carbocycles. The van der Waals surface area contributed by atoms with E-state index in [1.54, 1.807) is 0 Å². The van der Waals surface area contributed by atoms with Crippen molar-refractivity contribution in [3.05, 3.63) is 29.0 Å². The fourth-order valence-corrected chi connectivity index (χ4v) is 5.27. The second-order valence-corrected chi connectivity index (χ2v) is 10.1. The number of benzene rings is 1. The number of carbonyl (C=O) groups excluding carboxylic acids is 2. The molecule has 0 spiro atoms. The molecule has 1 aliphatic heterocycles. The average Bonchev–Trinajstić information content (AvgIpc) is 2.85. The SMILES string of the molecule is O=C(COc1ccc(Cl)c(F)c1)NC12CCC(NC(=O)COC3CNC(C(F)F)CN3)(CC1)C(O)C2. The summed E-state index contributed by atoms with van der Waals surface area (Å²) in [4.78, 5) is 25.0. The van der Waals surface area contributed by atoms with Gasteiger partial charge in [0.25, 0.3) is 12.3 Å². The zero-order chi connectivity index (χ0) is 25.9. The molecule has 9 nitrogen and oxygen atoms in total. The summed E-state index contributed by atoms with van der Waals surface area (Å²) in [5.41, 5.74) is -1.43. The van der Waals surface area contributed by atoms with Gasteiger partial charge in [0, 0.05) is 24.7 Å². The van der Waals surface area contributed by atoms with Gasteiger partial charge < -0.3 is 30.5 Å². The van der Waals surface area contributed by atoms with Crippen molar-refractivity contribution in [2.75, 3.05) is 26.3 Å². The molecular weight excluding hydrogens is 505 g/mol. The summed E-state index contributed by atoms with van der Waals surface area (Å²) in [6.07, 6.45) is -1.65. The Balaban J connectivity index is 1.22. The normalized spacial score (nSPS) is 31.8. The molecule has 4 fully saturated rings. The number of hydrogen-bond donors (Lipinski definition) is 5. The Kier molecular flexibility index (Phi) is 8.30. The van der Waals surface area contributed by atoms with Gasteiger partial charge in [0.2, 0.25) is 5.91 Å². The van der Waals surface area contributed by atoms with E-state index in [4.69, 9.17) is 21.1 Å². The molecule has 1 aromatic carbocycles. The van der Waals surface area contributed by atoms with Gasteiger partial charge in [0.05, 0.1) is 22.7 Å². The lowest BCUT2D eigenvalue weighted by atomic mass is 9.60. The van der Waals surface area contributed by atoms with Crippen molar-refractivity contribution in [1.82, 2.24) is 21.3 Å². The van der Waals surface area contributed by atoms with Crippen LogP contribution in [0.3, 0.4) is 0 Å². The molecule has 13 heteroatoms. The van der Waals surface area contributed by atoms with Crippen molar-refractivity contribution in [3.8, 4) is 5.75 Å². The lowest BCUT2D eigenvalue weighted by molar-refractivity contribution is -0.140. The Morgan fingerprint density at radius 1 is 1.11 bits per heavy atom. The fraction of sp³-hybridized carbons (Fsp3) is 0.652. The smallest absolute Gasteiger partial charge is 0.258 e. The van der Waals surface area contributed by atoms with Crippen LogP contribution in [0.5, 0.6) is 5.75 Å². The Labute approximate surface area is 211 Å². The third-order valence-corrected chi connectivity index (χ3v) is 7.53. The summed E-state index contributed by atoms with van der Waals surface area (Å²) in [6, 6.07) is 2.94. The monoisotopic (exact) mass is 534 g/mol. The molecule has 1 aromatic rings. The highest BCUT2D eigenvalue weighted by atomic mass is 35.5. The van der Waals surface area contributed by atoms with Crippen molar-refractivity contribution in [3.63, 3.8) is 0 Å². The lowest BCUT2D eigenvalue weighted by Gasteiger charge is -2.56. The molecule has 1 saturated heterocycles. The number of ether oxygens (including phenoxy) is 2. The van der Waals surface area contributed by atoms with Gasteiger partial charge in [-0.25, -0.2) is 13.2 Å². The van der Waals surface area contributed by atoms with Crippen LogP contribution in [-0.4, -0.2) is 79.1 Å². The lowest BCUT2D eigenvalue weighted by Crippen LogP contribution is -2.70. The van der Waals surface area contributed by atoms with E-state index < -0.39 is 53.5 Å². The molecule has 5 N–H and O–H groups in total. The van der Waals surface area contributed by atoms with E-state index in [0.717, 1.165) is 6.07 Å². The number of amides is 2. The molecule has 0 radical (unpaired) electrons. The zero-order valence-corrected chi connectivity index (χ0v) is 20.3. The van der Waals surface area contributed by atoms with E-state index >= 15 is 0 Å². The Morgan fingerprint density at radius 3 is 2.44 bits per heavy atom. The number of carbonyl (C=O) groups is 2. The predicted octanol–water partition coefficient (Wildman–Crippen LogP) is 1.08. The first-order chi connectivity index (χ1) is 17.1. The summed E-state index contributed by atoms with van der Waals surface area (Å²) in [5, 5.41) is 22.2. The van der Waals surface area contributed by atoms with Gasteiger partial charge in [-0.2, -0.15) is 0 Å². The Hall–Kier alpha value is -2.12. The molecule has 3 unspecified atom stereocenters. The molecule has 0 aromatic heterocycles. The van der Waals surface area contributed by atoms with E-state index in [-0.39, 0.29) is 43.5 Å².